The fraction of sp³-hybridized carbons (Fsp3) is 0.316. The minimum absolute atomic E-state index is 0.287. The van der Waals surface area contributed by atoms with E-state index in [0.29, 0.717) is 35.4 Å². The number of anilines is 2. The highest BCUT2D eigenvalue weighted by Gasteiger charge is 2.19. The van der Waals surface area contributed by atoms with Gasteiger partial charge in [-0.25, -0.2) is 14.6 Å². The summed E-state index contributed by atoms with van der Waals surface area (Å²) in [5.74, 6) is 0.287. The molecule has 1 aliphatic heterocycles. The number of hydrazone groups is 1. The molecule has 156 valence electrons. The summed E-state index contributed by atoms with van der Waals surface area (Å²) in [6.07, 6.45) is 2.62. The van der Waals surface area contributed by atoms with Gasteiger partial charge in [0.25, 0.3) is 5.56 Å². The molecule has 2 amide bonds. The molecule has 0 radical (unpaired) electrons. The quantitative estimate of drug-likeness (QED) is 0.590. The molecule has 0 atom stereocenters. The Kier molecular flexibility index (Phi) is 4.86. The van der Waals surface area contributed by atoms with Crippen LogP contribution in [0.2, 0.25) is 0 Å². The van der Waals surface area contributed by atoms with Crippen LogP contribution in [0.3, 0.4) is 0 Å². The lowest BCUT2D eigenvalue weighted by molar-refractivity contribution is 0.252. The summed E-state index contributed by atoms with van der Waals surface area (Å²) in [5.41, 5.74) is 2.31. The number of rotatable bonds is 4. The van der Waals surface area contributed by atoms with Crippen molar-refractivity contribution in [2.24, 2.45) is 19.2 Å². The number of H-pyrrole nitrogens is 1. The Morgan fingerprint density at radius 1 is 1.20 bits per heavy atom. The summed E-state index contributed by atoms with van der Waals surface area (Å²) in [7, 11) is 3.05. The number of amides is 2. The first kappa shape index (κ1) is 19.4. The van der Waals surface area contributed by atoms with Gasteiger partial charge in [-0.2, -0.15) is 5.10 Å². The largest absolute Gasteiger partial charge is 0.338 e. The van der Waals surface area contributed by atoms with Gasteiger partial charge in [0.15, 0.2) is 0 Å². The van der Waals surface area contributed by atoms with E-state index in [1.54, 1.807) is 13.1 Å². The molecule has 1 aliphatic rings. The van der Waals surface area contributed by atoms with Crippen LogP contribution in [-0.4, -0.2) is 44.4 Å². The number of carbonyl (C=O) groups excluding carboxylic acids is 1. The maximum atomic E-state index is 12.4. The van der Waals surface area contributed by atoms with Gasteiger partial charge in [-0.1, -0.05) is 0 Å². The molecule has 3 N–H and O–H groups in total. The molecule has 3 aromatic rings. The second-order valence-electron chi connectivity index (χ2n) is 6.94. The average Bonchev–Trinajstić information content (AvgIpc) is 3.38. The average molecular weight is 410 g/mol. The third-order valence-electron chi connectivity index (χ3n) is 4.93. The molecule has 30 heavy (non-hydrogen) atoms. The van der Waals surface area contributed by atoms with Gasteiger partial charge in [0.2, 0.25) is 5.95 Å². The number of nitrogens with zero attached hydrogens (tertiary/aromatic N) is 5. The van der Waals surface area contributed by atoms with Gasteiger partial charge < -0.3 is 10.3 Å². The molecule has 4 rings (SSSR count). The maximum Gasteiger partial charge on any atom is 0.330 e. The van der Waals surface area contributed by atoms with E-state index >= 15 is 0 Å². The lowest BCUT2D eigenvalue weighted by Gasteiger charge is -2.17. The van der Waals surface area contributed by atoms with E-state index in [1.807, 2.05) is 24.2 Å². The van der Waals surface area contributed by atoms with Crippen molar-refractivity contribution in [3.8, 4) is 11.3 Å². The van der Waals surface area contributed by atoms with Crippen molar-refractivity contribution >= 4 is 34.9 Å². The molecule has 2 aromatic heterocycles. The number of aromatic amines is 1. The Bertz CT molecular complexity index is 1280. The smallest absolute Gasteiger partial charge is 0.330 e. The van der Waals surface area contributed by atoms with E-state index in [0.717, 1.165) is 16.7 Å². The van der Waals surface area contributed by atoms with Crippen LogP contribution >= 0.6 is 0 Å². The number of hydrogen-bond donors (Lipinski definition) is 3. The Labute approximate surface area is 171 Å². The third-order valence-corrected chi connectivity index (χ3v) is 4.93. The van der Waals surface area contributed by atoms with Gasteiger partial charge in [-0.05, 0) is 19.1 Å². The van der Waals surface area contributed by atoms with Crippen LogP contribution in [-0.2, 0) is 14.1 Å². The predicted octanol–water partition coefficient (Wildman–Crippen LogP) is 0.965. The molecule has 0 bridgehead atoms. The van der Waals surface area contributed by atoms with Gasteiger partial charge in [0, 0.05) is 51.5 Å². The van der Waals surface area contributed by atoms with Crippen molar-refractivity contribution in [2.45, 2.75) is 13.3 Å². The number of benzene rings is 1. The van der Waals surface area contributed by atoms with Crippen molar-refractivity contribution in [1.82, 2.24) is 24.4 Å². The van der Waals surface area contributed by atoms with Gasteiger partial charge >= 0.3 is 11.7 Å². The molecule has 1 aromatic carbocycles. The number of imidazole rings is 1. The number of fused-ring (bicyclic) bond motifs is 1. The van der Waals surface area contributed by atoms with E-state index in [2.05, 4.69) is 25.7 Å². The number of hydrogen-bond acceptors (Lipinski definition) is 6. The minimum Gasteiger partial charge on any atom is -0.338 e. The van der Waals surface area contributed by atoms with E-state index in [-0.39, 0.29) is 12.0 Å². The first-order valence-corrected chi connectivity index (χ1v) is 9.55. The number of urea groups is 1. The first-order chi connectivity index (χ1) is 14.4. The monoisotopic (exact) mass is 410 g/mol. The zero-order chi connectivity index (χ0) is 21.4. The second-order valence-corrected chi connectivity index (χ2v) is 6.94. The molecule has 0 aliphatic carbocycles. The Morgan fingerprint density at radius 2 is 2.00 bits per heavy atom. The summed E-state index contributed by atoms with van der Waals surface area (Å²) in [6.45, 7) is 3.00. The van der Waals surface area contributed by atoms with Crippen LogP contribution in [0.25, 0.3) is 22.3 Å². The normalized spacial score (nSPS) is 13.2. The molecule has 11 heteroatoms. The van der Waals surface area contributed by atoms with Crippen molar-refractivity contribution in [3.63, 3.8) is 0 Å². The highest BCUT2D eigenvalue weighted by atomic mass is 16.2. The molecular weight excluding hydrogens is 388 g/mol. The topological polar surface area (TPSA) is 129 Å². The lowest BCUT2D eigenvalue weighted by Crippen LogP contribution is -2.37. The number of carbonyl (C=O) groups is 1. The molecule has 0 saturated heterocycles. The summed E-state index contributed by atoms with van der Waals surface area (Å²) in [6, 6.07) is 4.67. The van der Waals surface area contributed by atoms with Crippen LogP contribution in [0.15, 0.2) is 32.9 Å². The van der Waals surface area contributed by atoms with Gasteiger partial charge in [0.1, 0.15) is 0 Å². The van der Waals surface area contributed by atoms with E-state index in [1.165, 1.54) is 17.7 Å². The Hall–Kier alpha value is -3.89. The first-order valence-electron chi connectivity index (χ1n) is 9.55. The van der Waals surface area contributed by atoms with E-state index in [4.69, 9.17) is 0 Å². The van der Waals surface area contributed by atoms with Crippen molar-refractivity contribution in [2.75, 3.05) is 23.4 Å². The predicted molar refractivity (Wildman–Crippen MR) is 115 cm³/mol. The summed E-state index contributed by atoms with van der Waals surface area (Å²) >= 11 is 0. The van der Waals surface area contributed by atoms with E-state index < -0.39 is 11.2 Å². The fourth-order valence-electron chi connectivity index (χ4n) is 3.40. The van der Waals surface area contributed by atoms with Crippen LogP contribution in [0.1, 0.15) is 13.3 Å². The highest BCUT2D eigenvalue weighted by molar-refractivity contribution is 5.97. The van der Waals surface area contributed by atoms with Crippen molar-refractivity contribution in [3.05, 3.63) is 39.0 Å². The minimum atomic E-state index is -0.418. The lowest BCUT2D eigenvalue weighted by atomic mass is 10.1. The molecule has 0 saturated carbocycles. The standard InChI is InChI=1S/C19H22N8O3/c1-4-20-18(29)24-17-22-12-8-11(13-10-15(28)26(3)19(30)25(13)2)9-14(16(12)23-17)27-7-5-6-21-27/h6,8-10H,4-5,7H2,1-3H3,(H3,20,22,23,24,29). The number of nitrogens with one attached hydrogen (secondary N) is 3. The summed E-state index contributed by atoms with van der Waals surface area (Å²) in [5, 5.41) is 11.5. The molecular formula is C19H22N8O3. The second kappa shape index (κ2) is 7.50. The van der Waals surface area contributed by atoms with Gasteiger partial charge in [0.05, 0.1) is 22.4 Å². The molecule has 3 heterocycles. The Balaban J connectivity index is 1.90. The van der Waals surface area contributed by atoms with Crippen LogP contribution < -0.4 is 26.9 Å². The summed E-state index contributed by atoms with van der Waals surface area (Å²) in [4.78, 5) is 44.1. The van der Waals surface area contributed by atoms with Crippen molar-refractivity contribution < 1.29 is 4.79 Å². The fourth-order valence-corrected chi connectivity index (χ4v) is 3.40. The third kappa shape index (κ3) is 3.34. The summed E-state index contributed by atoms with van der Waals surface area (Å²) < 4.78 is 2.47. The van der Waals surface area contributed by atoms with Crippen LogP contribution in [0.4, 0.5) is 16.4 Å². The van der Waals surface area contributed by atoms with Crippen LogP contribution in [0.5, 0.6) is 0 Å². The van der Waals surface area contributed by atoms with Crippen molar-refractivity contribution in [1.29, 1.82) is 0 Å². The molecule has 0 fully saturated rings. The zero-order valence-electron chi connectivity index (χ0n) is 16.9. The maximum absolute atomic E-state index is 12.4. The SMILES string of the molecule is CCNC(=O)Nc1nc2cc(-c3cc(=O)n(C)c(=O)n3C)cc(N3CCC=N3)c2[nH]1. The number of aromatic nitrogens is 4. The van der Waals surface area contributed by atoms with Crippen LogP contribution in [0, 0.1) is 0 Å². The highest BCUT2D eigenvalue weighted by Crippen LogP contribution is 2.33. The Morgan fingerprint density at radius 3 is 2.70 bits per heavy atom. The van der Waals surface area contributed by atoms with Gasteiger partial charge in [-0.15, -0.1) is 0 Å². The molecule has 0 spiro atoms. The van der Waals surface area contributed by atoms with E-state index in [9.17, 15) is 14.4 Å². The van der Waals surface area contributed by atoms with Gasteiger partial charge in [-0.3, -0.25) is 24.3 Å². The molecule has 11 nitrogen and oxygen atoms in total. The zero-order valence-corrected chi connectivity index (χ0v) is 16.9. The molecule has 0 unspecified atom stereocenters.